The zero-order valence-electron chi connectivity index (χ0n) is 18.0. The third-order valence-electron chi connectivity index (χ3n) is 5.68. The van der Waals surface area contributed by atoms with Crippen LogP contribution in [0.3, 0.4) is 0 Å². The molecule has 1 aromatic heterocycles. The van der Waals surface area contributed by atoms with E-state index in [0.717, 1.165) is 50.0 Å². The van der Waals surface area contributed by atoms with Crippen molar-refractivity contribution in [2.24, 2.45) is 0 Å². The van der Waals surface area contributed by atoms with E-state index in [4.69, 9.17) is 9.72 Å². The highest BCUT2D eigenvalue weighted by Gasteiger charge is 2.22. The van der Waals surface area contributed by atoms with Crippen molar-refractivity contribution in [1.29, 1.82) is 0 Å². The first kappa shape index (κ1) is 19.8. The molecule has 0 amide bonds. The maximum absolute atomic E-state index is 13.5. The molecule has 0 saturated heterocycles. The summed E-state index contributed by atoms with van der Waals surface area (Å²) in [6.45, 7) is 10.0. The second-order valence-corrected chi connectivity index (χ2v) is 7.89. The molecule has 0 unspecified atom stereocenters. The topological polar surface area (TPSA) is 39.2 Å². The van der Waals surface area contributed by atoms with Crippen molar-refractivity contribution in [2.75, 3.05) is 0 Å². The number of fused-ring (bicyclic) bond motifs is 1. The van der Waals surface area contributed by atoms with Crippen molar-refractivity contribution in [1.82, 2.24) is 4.98 Å². The van der Waals surface area contributed by atoms with Crippen LogP contribution >= 0.6 is 0 Å². The summed E-state index contributed by atoms with van der Waals surface area (Å²) in [6, 6.07) is 19.9. The molecule has 3 heteroatoms. The molecule has 0 N–H and O–H groups in total. The van der Waals surface area contributed by atoms with E-state index in [-0.39, 0.29) is 5.97 Å². The van der Waals surface area contributed by atoms with Crippen LogP contribution in [0.2, 0.25) is 0 Å². The molecule has 3 nitrogen and oxygen atoms in total. The Hall–Kier alpha value is -3.46. The van der Waals surface area contributed by atoms with Gasteiger partial charge in [0, 0.05) is 10.9 Å². The summed E-state index contributed by atoms with van der Waals surface area (Å²) in [5.74, 6) is 0.241. The van der Waals surface area contributed by atoms with Gasteiger partial charge in [-0.3, -0.25) is 0 Å². The quantitative estimate of drug-likeness (QED) is 0.287. The minimum atomic E-state index is -0.351. The summed E-state index contributed by atoms with van der Waals surface area (Å²) in [5.41, 5.74) is 8.22. The van der Waals surface area contributed by atoms with Gasteiger partial charge < -0.3 is 4.74 Å². The average molecular weight is 396 g/mol. The number of ether oxygens (including phenoxy) is 1. The molecule has 0 aliphatic rings. The van der Waals surface area contributed by atoms with E-state index in [1.165, 1.54) is 0 Å². The van der Waals surface area contributed by atoms with Crippen LogP contribution in [0, 0.1) is 34.6 Å². The van der Waals surface area contributed by atoms with Crippen LogP contribution in [-0.4, -0.2) is 11.0 Å². The minimum Gasteiger partial charge on any atom is -0.423 e. The molecular formula is C27H25NO2. The average Bonchev–Trinajstić information content (AvgIpc) is 2.71. The summed E-state index contributed by atoms with van der Waals surface area (Å²) in [4.78, 5) is 18.4. The smallest absolute Gasteiger partial charge is 0.344 e. The second-order valence-electron chi connectivity index (χ2n) is 7.89. The largest absolute Gasteiger partial charge is 0.423 e. The first-order chi connectivity index (χ1) is 14.4. The number of hydrogen-bond donors (Lipinski definition) is 0. The van der Waals surface area contributed by atoms with E-state index >= 15 is 0 Å². The summed E-state index contributed by atoms with van der Waals surface area (Å²) in [7, 11) is 0. The van der Waals surface area contributed by atoms with Crippen LogP contribution in [0.1, 0.15) is 38.2 Å². The Labute approximate surface area is 177 Å². The Morgan fingerprint density at radius 2 is 1.53 bits per heavy atom. The van der Waals surface area contributed by atoms with Crippen LogP contribution < -0.4 is 4.74 Å². The number of aromatic nitrogens is 1. The zero-order chi connectivity index (χ0) is 21.4. The van der Waals surface area contributed by atoms with Gasteiger partial charge in [-0.05, 0) is 69.0 Å². The van der Waals surface area contributed by atoms with Crippen LogP contribution in [0.25, 0.3) is 22.2 Å². The van der Waals surface area contributed by atoms with Gasteiger partial charge in [-0.1, -0.05) is 54.1 Å². The number of carbonyl (C=O) groups is 1. The number of benzene rings is 3. The zero-order valence-corrected chi connectivity index (χ0v) is 18.0. The van der Waals surface area contributed by atoms with Crippen molar-refractivity contribution < 1.29 is 9.53 Å². The molecule has 0 atom stereocenters. The molecule has 30 heavy (non-hydrogen) atoms. The summed E-state index contributed by atoms with van der Waals surface area (Å²) < 4.78 is 5.90. The lowest BCUT2D eigenvalue weighted by Gasteiger charge is -2.17. The third kappa shape index (κ3) is 3.48. The normalized spacial score (nSPS) is 11.0. The van der Waals surface area contributed by atoms with E-state index in [0.29, 0.717) is 11.3 Å². The number of carbonyl (C=O) groups excluding carboxylic acids is 1. The van der Waals surface area contributed by atoms with Crippen LogP contribution in [0.15, 0.2) is 60.7 Å². The maximum atomic E-state index is 13.5. The Kier molecular flexibility index (Phi) is 5.13. The van der Waals surface area contributed by atoms with E-state index in [9.17, 15) is 4.79 Å². The number of rotatable bonds is 3. The molecule has 0 bridgehead atoms. The minimum absolute atomic E-state index is 0.351. The molecule has 0 aliphatic carbocycles. The van der Waals surface area contributed by atoms with Crippen molar-refractivity contribution >= 4 is 16.9 Å². The second kappa shape index (κ2) is 7.75. The number of esters is 1. The molecular weight excluding hydrogens is 370 g/mol. The lowest BCUT2D eigenvalue weighted by Crippen LogP contribution is -2.14. The maximum Gasteiger partial charge on any atom is 0.344 e. The molecule has 1 heterocycles. The molecule has 0 spiro atoms. The Morgan fingerprint density at radius 3 is 2.27 bits per heavy atom. The first-order valence-electron chi connectivity index (χ1n) is 10.1. The highest BCUT2D eigenvalue weighted by atomic mass is 16.5. The van der Waals surface area contributed by atoms with Gasteiger partial charge in [0.2, 0.25) is 0 Å². The van der Waals surface area contributed by atoms with E-state index in [1.54, 1.807) is 0 Å². The van der Waals surface area contributed by atoms with Gasteiger partial charge in [0.25, 0.3) is 0 Å². The standard InChI is InChI=1S/C27H25NO2/c1-16-14-18(3)25-22(15-16)24(20(5)26(28-25)21-11-7-6-8-12-21)27(29)30-23-13-9-10-17(2)19(23)4/h6-15H,1-5H3. The fraction of sp³-hybridized carbons (Fsp3) is 0.185. The predicted octanol–water partition coefficient (Wildman–Crippen LogP) is 6.66. The van der Waals surface area contributed by atoms with Gasteiger partial charge in [-0.15, -0.1) is 0 Å². The Bertz CT molecular complexity index is 1270. The van der Waals surface area contributed by atoms with E-state index in [1.807, 2.05) is 89.2 Å². The summed E-state index contributed by atoms with van der Waals surface area (Å²) >= 11 is 0. The highest BCUT2D eigenvalue weighted by molar-refractivity contribution is 6.08. The Balaban J connectivity index is 1.96. The highest BCUT2D eigenvalue weighted by Crippen LogP contribution is 2.33. The molecule has 0 radical (unpaired) electrons. The monoisotopic (exact) mass is 395 g/mol. The fourth-order valence-corrected chi connectivity index (χ4v) is 3.94. The van der Waals surface area contributed by atoms with Gasteiger partial charge in [0.15, 0.2) is 0 Å². The van der Waals surface area contributed by atoms with Gasteiger partial charge in [-0.2, -0.15) is 0 Å². The lowest BCUT2D eigenvalue weighted by molar-refractivity contribution is 0.0735. The SMILES string of the molecule is Cc1cc(C)c2nc(-c3ccccc3)c(C)c(C(=O)Oc3cccc(C)c3C)c2c1. The molecule has 0 fully saturated rings. The summed E-state index contributed by atoms with van der Waals surface area (Å²) in [6.07, 6.45) is 0. The van der Waals surface area contributed by atoms with E-state index in [2.05, 4.69) is 6.07 Å². The molecule has 150 valence electrons. The predicted molar refractivity (Wildman–Crippen MR) is 122 cm³/mol. The van der Waals surface area contributed by atoms with Crippen LogP contribution in [-0.2, 0) is 0 Å². The molecule has 3 aromatic carbocycles. The van der Waals surface area contributed by atoms with Gasteiger partial charge in [-0.25, -0.2) is 9.78 Å². The molecule has 0 saturated carbocycles. The van der Waals surface area contributed by atoms with Crippen molar-refractivity contribution in [2.45, 2.75) is 34.6 Å². The number of aryl methyl sites for hydroxylation is 3. The fourth-order valence-electron chi connectivity index (χ4n) is 3.94. The van der Waals surface area contributed by atoms with Crippen molar-refractivity contribution in [3.8, 4) is 17.0 Å². The van der Waals surface area contributed by atoms with Gasteiger partial charge >= 0.3 is 5.97 Å². The lowest BCUT2D eigenvalue weighted by atomic mass is 9.95. The first-order valence-corrected chi connectivity index (χ1v) is 10.1. The molecule has 4 rings (SSSR count). The molecule has 0 aliphatic heterocycles. The molecule has 4 aromatic rings. The van der Waals surface area contributed by atoms with Crippen LogP contribution in [0.4, 0.5) is 0 Å². The van der Waals surface area contributed by atoms with Crippen molar-refractivity contribution in [3.05, 3.63) is 94.0 Å². The Morgan fingerprint density at radius 1 is 0.800 bits per heavy atom. The number of pyridine rings is 1. The van der Waals surface area contributed by atoms with Gasteiger partial charge in [0.1, 0.15) is 5.75 Å². The number of nitrogens with zero attached hydrogens (tertiary/aromatic N) is 1. The third-order valence-corrected chi connectivity index (χ3v) is 5.68. The van der Waals surface area contributed by atoms with Crippen molar-refractivity contribution in [3.63, 3.8) is 0 Å². The van der Waals surface area contributed by atoms with Gasteiger partial charge in [0.05, 0.1) is 16.8 Å². The number of hydrogen-bond acceptors (Lipinski definition) is 3. The summed E-state index contributed by atoms with van der Waals surface area (Å²) in [5, 5.41) is 0.833. The van der Waals surface area contributed by atoms with E-state index < -0.39 is 0 Å². The van der Waals surface area contributed by atoms with Crippen LogP contribution in [0.5, 0.6) is 5.75 Å².